The number of carbonyl (C=O) groups excluding carboxylic acids is 1. The van der Waals surface area contributed by atoms with E-state index in [0.29, 0.717) is 12.2 Å². The Balaban J connectivity index is 2.44. The van der Waals surface area contributed by atoms with E-state index >= 15 is 0 Å². The lowest BCUT2D eigenvalue weighted by atomic mass is 10.0. The van der Waals surface area contributed by atoms with Crippen LogP contribution in [-0.2, 0) is 9.53 Å². The van der Waals surface area contributed by atoms with Crippen molar-refractivity contribution in [1.29, 1.82) is 0 Å². The summed E-state index contributed by atoms with van der Waals surface area (Å²) in [6.45, 7) is 2.37. The first-order valence-corrected chi connectivity index (χ1v) is 6.76. The van der Waals surface area contributed by atoms with Crippen LogP contribution in [-0.4, -0.2) is 17.7 Å². The van der Waals surface area contributed by atoms with E-state index in [9.17, 15) is 18.7 Å². The Kier molecular flexibility index (Phi) is 7.15. The minimum Gasteiger partial charge on any atom is -0.466 e. The second-order valence-electron chi connectivity index (χ2n) is 4.60. The molecule has 0 radical (unpaired) electrons. The van der Waals surface area contributed by atoms with E-state index in [4.69, 9.17) is 4.74 Å². The van der Waals surface area contributed by atoms with Crippen LogP contribution in [0.15, 0.2) is 24.3 Å². The van der Waals surface area contributed by atoms with E-state index in [2.05, 4.69) is 0 Å². The van der Waals surface area contributed by atoms with Crippen molar-refractivity contribution in [2.75, 3.05) is 6.61 Å². The third kappa shape index (κ3) is 5.65. The van der Waals surface area contributed by atoms with Gasteiger partial charge in [0.2, 0.25) is 0 Å². The van der Waals surface area contributed by atoms with Gasteiger partial charge >= 0.3 is 5.97 Å². The number of unbranched alkanes of at least 4 members (excludes halogenated alkanes) is 1. The highest BCUT2D eigenvalue weighted by Crippen LogP contribution is 2.24. The third-order valence-corrected chi connectivity index (χ3v) is 2.93. The molecule has 0 amide bonds. The molecule has 1 atom stereocenters. The minimum absolute atomic E-state index is 0.0732. The lowest BCUT2D eigenvalue weighted by molar-refractivity contribution is -0.144. The molecular formula is C15H20F2O3. The Morgan fingerprint density at radius 2 is 2.05 bits per heavy atom. The largest absolute Gasteiger partial charge is 0.466 e. The van der Waals surface area contributed by atoms with Crippen LogP contribution in [0, 0.1) is 0 Å². The summed E-state index contributed by atoms with van der Waals surface area (Å²) in [5, 5.41) is 9.89. The smallest absolute Gasteiger partial charge is 0.305 e. The number of esters is 1. The van der Waals surface area contributed by atoms with Gasteiger partial charge in [-0.1, -0.05) is 31.5 Å². The Labute approximate surface area is 117 Å². The van der Waals surface area contributed by atoms with Gasteiger partial charge < -0.3 is 9.84 Å². The molecule has 1 unspecified atom stereocenters. The summed E-state index contributed by atoms with van der Waals surface area (Å²) in [4.78, 5) is 11.4. The lowest BCUT2D eigenvalue weighted by Gasteiger charge is -2.12. The normalized spacial score (nSPS) is 12.4. The average molecular weight is 286 g/mol. The molecule has 0 saturated heterocycles. The minimum atomic E-state index is -2.57. The predicted octanol–water partition coefficient (Wildman–Crippen LogP) is 3.78. The van der Waals surface area contributed by atoms with Gasteiger partial charge in [0.1, 0.15) is 0 Å². The van der Waals surface area contributed by atoms with Crippen molar-refractivity contribution in [3.63, 3.8) is 0 Å². The maximum absolute atomic E-state index is 12.5. The maximum Gasteiger partial charge on any atom is 0.305 e. The number of hydrogen-bond donors (Lipinski definition) is 1. The van der Waals surface area contributed by atoms with Crippen molar-refractivity contribution in [3.8, 4) is 0 Å². The number of carbonyl (C=O) groups is 1. The number of benzene rings is 1. The van der Waals surface area contributed by atoms with Gasteiger partial charge in [0.05, 0.1) is 12.7 Å². The molecule has 1 aromatic carbocycles. The Morgan fingerprint density at radius 3 is 2.70 bits per heavy atom. The molecule has 3 nitrogen and oxygen atoms in total. The molecule has 0 aliphatic heterocycles. The Hall–Kier alpha value is -1.49. The van der Waals surface area contributed by atoms with Crippen molar-refractivity contribution >= 4 is 5.97 Å². The molecule has 1 N–H and O–H groups in total. The van der Waals surface area contributed by atoms with E-state index < -0.39 is 12.5 Å². The summed E-state index contributed by atoms with van der Waals surface area (Å²) in [6.07, 6.45) is -1.52. The first kappa shape index (κ1) is 16.6. The summed E-state index contributed by atoms with van der Waals surface area (Å²) >= 11 is 0. The van der Waals surface area contributed by atoms with Crippen molar-refractivity contribution < 1.29 is 23.4 Å². The molecule has 20 heavy (non-hydrogen) atoms. The van der Waals surface area contributed by atoms with Crippen LogP contribution in [0.25, 0.3) is 0 Å². The van der Waals surface area contributed by atoms with E-state index in [-0.39, 0.29) is 24.4 Å². The van der Waals surface area contributed by atoms with E-state index in [0.717, 1.165) is 12.8 Å². The topological polar surface area (TPSA) is 46.5 Å². The predicted molar refractivity (Wildman–Crippen MR) is 71.5 cm³/mol. The molecular weight excluding hydrogens is 266 g/mol. The molecule has 1 rings (SSSR count). The monoisotopic (exact) mass is 286 g/mol. The second-order valence-corrected chi connectivity index (χ2v) is 4.60. The highest BCUT2D eigenvalue weighted by atomic mass is 19.3. The van der Waals surface area contributed by atoms with Crippen LogP contribution < -0.4 is 0 Å². The number of aliphatic hydroxyl groups excluding tert-OH is 1. The SMILES string of the molecule is CCCCOC(=O)CCC(O)c1cccc(C(F)F)c1. The van der Waals surface area contributed by atoms with Gasteiger partial charge in [-0.25, -0.2) is 8.78 Å². The molecule has 0 heterocycles. The summed E-state index contributed by atoms with van der Waals surface area (Å²) in [6, 6.07) is 5.61. The summed E-state index contributed by atoms with van der Waals surface area (Å²) in [5.74, 6) is -0.373. The molecule has 112 valence electrons. The van der Waals surface area contributed by atoms with Crippen molar-refractivity contribution in [2.24, 2.45) is 0 Å². The zero-order valence-corrected chi connectivity index (χ0v) is 11.5. The van der Waals surface area contributed by atoms with E-state index in [1.54, 1.807) is 6.07 Å². The number of hydrogen-bond acceptors (Lipinski definition) is 3. The number of ether oxygens (including phenoxy) is 1. The first-order chi connectivity index (χ1) is 9.54. The molecule has 1 aromatic rings. The van der Waals surface area contributed by atoms with Crippen LogP contribution >= 0.6 is 0 Å². The van der Waals surface area contributed by atoms with Crippen LogP contribution in [0.2, 0.25) is 0 Å². The standard InChI is InChI=1S/C15H20F2O3/c1-2-3-9-20-14(19)8-7-13(18)11-5-4-6-12(10-11)15(16)17/h4-6,10,13,15,18H,2-3,7-9H2,1H3. The second kappa shape index (κ2) is 8.64. The highest BCUT2D eigenvalue weighted by Gasteiger charge is 2.14. The fourth-order valence-electron chi connectivity index (χ4n) is 1.73. The van der Waals surface area contributed by atoms with Crippen molar-refractivity contribution in [3.05, 3.63) is 35.4 Å². The third-order valence-electron chi connectivity index (χ3n) is 2.93. The molecule has 5 heteroatoms. The molecule has 0 spiro atoms. The molecule has 0 aromatic heterocycles. The molecule has 0 aliphatic rings. The quantitative estimate of drug-likeness (QED) is 0.584. The summed E-state index contributed by atoms with van der Waals surface area (Å²) in [7, 11) is 0. The average Bonchev–Trinajstić information content (AvgIpc) is 2.45. The van der Waals surface area contributed by atoms with Gasteiger partial charge in [0, 0.05) is 12.0 Å². The fraction of sp³-hybridized carbons (Fsp3) is 0.533. The number of aliphatic hydroxyl groups is 1. The lowest BCUT2D eigenvalue weighted by Crippen LogP contribution is -2.08. The van der Waals surface area contributed by atoms with E-state index in [1.165, 1.54) is 18.2 Å². The van der Waals surface area contributed by atoms with Gasteiger partial charge in [-0.15, -0.1) is 0 Å². The molecule has 0 bridgehead atoms. The molecule has 0 aliphatic carbocycles. The first-order valence-electron chi connectivity index (χ1n) is 6.76. The van der Waals surface area contributed by atoms with Gasteiger partial charge in [-0.05, 0) is 24.5 Å². The number of alkyl halides is 2. The fourth-order valence-corrected chi connectivity index (χ4v) is 1.73. The molecule has 0 fully saturated rings. The summed E-state index contributed by atoms with van der Waals surface area (Å²) in [5.41, 5.74) is 0.260. The Bertz CT molecular complexity index is 421. The maximum atomic E-state index is 12.5. The van der Waals surface area contributed by atoms with Crippen LogP contribution in [0.5, 0.6) is 0 Å². The van der Waals surface area contributed by atoms with Crippen LogP contribution in [0.4, 0.5) is 8.78 Å². The van der Waals surface area contributed by atoms with Gasteiger partial charge in [-0.3, -0.25) is 4.79 Å². The zero-order chi connectivity index (χ0) is 15.0. The van der Waals surface area contributed by atoms with Crippen LogP contribution in [0.3, 0.4) is 0 Å². The van der Waals surface area contributed by atoms with Gasteiger partial charge in [0.25, 0.3) is 6.43 Å². The summed E-state index contributed by atoms with van der Waals surface area (Å²) < 4.78 is 30.0. The van der Waals surface area contributed by atoms with Gasteiger partial charge in [0.15, 0.2) is 0 Å². The number of halogens is 2. The van der Waals surface area contributed by atoms with Gasteiger partial charge in [-0.2, -0.15) is 0 Å². The van der Waals surface area contributed by atoms with Crippen molar-refractivity contribution in [1.82, 2.24) is 0 Å². The van der Waals surface area contributed by atoms with Crippen LogP contribution in [0.1, 0.15) is 56.3 Å². The zero-order valence-electron chi connectivity index (χ0n) is 11.5. The Morgan fingerprint density at radius 1 is 1.35 bits per heavy atom. The van der Waals surface area contributed by atoms with Crippen molar-refractivity contribution in [2.45, 2.75) is 45.1 Å². The highest BCUT2D eigenvalue weighted by molar-refractivity contribution is 5.69. The molecule has 0 saturated carbocycles. The number of rotatable bonds is 8. The van der Waals surface area contributed by atoms with E-state index in [1.807, 2.05) is 6.92 Å².